The van der Waals surface area contributed by atoms with Gasteiger partial charge >= 0.3 is 0 Å². The summed E-state index contributed by atoms with van der Waals surface area (Å²) in [5.74, 6) is 0.00288. The maximum Gasteiger partial charge on any atom is 0.245 e. The highest BCUT2D eigenvalue weighted by atomic mass is 16.2. The van der Waals surface area contributed by atoms with E-state index in [9.17, 15) is 4.79 Å². The number of fused-ring (bicyclic) bond motifs is 3. The maximum absolute atomic E-state index is 13.2. The third-order valence-electron chi connectivity index (χ3n) is 5.31. The van der Waals surface area contributed by atoms with Crippen LogP contribution >= 0.6 is 0 Å². The number of pyridine rings is 1. The molecule has 0 unspecified atom stereocenters. The second kappa shape index (κ2) is 6.60. The number of para-hydroxylation sites is 1. The lowest BCUT2D eigenvalue weighted by Crippen LogP contribution is -2.42. The molecule has 1 atom stereocenters. The number of nitrogens with one attached hydrogen (secondary N) is 1. The van der Waals surface area contributed by atoms with Crippen LogP contribution in [0.2, 0.25) is 0 Å². The Hall–Kier alpha value is -3.48. The van der Waals surface area contributed by atoms with Gasteiger partial charge in [-0.05, 0) is 37.1 Å². The molecule has 28 heavy (non-hydrogen) atoms. The fraction of sp³-hybridized carbons (Fsp3) is 0.238. The third-order valence-corrected chi connectivity index (χ3v) is 5.31. The van der Waals surface area contributed by atoms with Crippen molar-refractivity contribution in [2.75, 3.05) is 6.54 Å². The van der Waals surface area contributed by atoms with Crippen molar-refractivity contribution in [3.05, 3.63) is 77.8 Å². The molecule has 1 aliphatic rings. The van der Waals surface area contributed by atoms with Gasteiger partial charge in [-0.25, -0.2) is 9.67 Å². The Kier molecular flexibility index (Phi) is 3.93. The summed E-state index contributed by atoms with van der Waals surface area (Å²) < 4.78 is 1.56. The lowest BCUT2D eigenvalue weighted by molar-refractivity contribution is -0.134. The van der Waals surface area contributed by atoms with Crippen LogP contribution in [0.3, 0.4) is 0 Å². The van der Waals surface area contributed by atoms with Gasteiger partial charge < -0.3 is 9.88 Å². The molecule has 0 radical (unpaired) electrons. The van der Waals surface area contributed by atoms with E-state index in [2.05, 4.69) is 33.3 Å². The number of nitrogens with zero attached hydrogens (tertiary/aromatic N) is 5. The lowest BCUT2D eigenvalue weighted by atomic mass is 9.94. The van der Waals surface area contributed by atoms with Gasteiger partial charge in [0.1, 0.15) is 25.2 Å². The van der Waals surface area contributed by atoms with Crippen LogP contribution in [-0.2, 0) is 17.8 Å². The molecule has 1 N–H and O–H groups in total. The van der Waals surface area contributed by atoms with E-state index < -0.39 is 0 Å². The summed E-state index contributed by atoms with van der Waals surface area (Å²) in [7, 11) is 0. The summed E-state index contributed by atoms with van der Waals surface area (Å²) in [5.41, 5.74) is 5.23. The summed E-state index contributed by atoms with van der Waals surface area (Å²) in [5, 5.41) is 5.30. The topological polar surface area (TPSA) is 79.7 Å². The zero-order valence-corrected chi connectivity index (χ0v) is 15.5. The van der Waals surface area contributed by atoms with Gasteiger partial charge in [-0.3, -0.25) is 9.78 Å². The fourth-order valence-corrected chi connectivity index (χ4v) is 4.08. The average Bonchev–Trinajstić information content (AvgIpc) is 3.34. The number of carbonyl (C=O) groups excluding carboxylic acids is 1. The van der Waals surface area contributed by atoms with Crippen molar-refractivity contribution < 1.29 is 4.79 Å². The highest BCUT2D eigenvalue weighted by Gasteiger charge is 2.35. The van der Waals surface area contributed by atoms with Crippen LogP contribution in [0, 0.1) is 6.92 Å². The molecule has 5 rings (SSSR count). The number of carbonyl (C=O) groups is 1. The van der Waals surface area contributed by atoms with E-state index >= 15 is 0 Å². The number of benzene rings is 1. The molecule has 0 saturated heterocycles. The van der Waals surface area contributed by atoms with E-state index in [1.54, 1.807) is 11.0 Å². The number of hydrogen-bond donors (Lipinski definition) is 1. The molecule has 3 aromatic heterocycles. The van der Waals surface area contributed by atoms with E-state index in [0.29, 0.717) is 6.54 Å². The number of rotatable bonds is 3. The van der Waals surface area contributed by atoms with Gasteiger partial charge in [0.05, 0.1) is 5.69 Å². The lowest BCUT2D eigenvalue weighted by Gasteiger charge is -2.35. The largest absolute Gasteiger partial charge is 0.356 e. The van der Waals surface area contributed by atoms with Crippen molar-refractivity contribution >= 4 is 16.8 Å². The van der Waals surface area contributed by atoms with Crippen molar-refractivity contribution in [1.29, 1.82) is 0 Å². The minimum Gasteiger partial charge on any atom is -0.356 e. The Balaban J connectivity index is 1.62. The molecule has 1 amide bonds. The number of aromatic nitrogens is 5. The van der Waals surface area contributed by atoms with Gasteiger partial charge in [0.15, 0.2) is 0 Å². The highest BCUT2D eigenvalue weighted by Crippen LogP contribution is 2.37. The predicted octanol–water partition coefficient (Wildman–Crippen LogP) is 2.64. The van der Waals surface area contributed by atoms with Crippen molar-refractivity contribution in [2.24, 2.45) is 0 Å². The molecular weight excluding hydrogens is 352 g/mol. The van der Waals surface area contributed by atoms with Gasteiger partial charge in [0.25, 0.3) is 0 Å². The first-order valence-electron chi connectivity index (χ1n) is 9.35. The number of aromatic amines is 1. The first kappa shape index (κ1) is 16.7. The Morgan fingerprint density at radius 1 is 1.21 bits per heavy atom. The molecule has 0 bridgehead atoms. The molecule has 1 aliphatic heterocycles. The second-order valence-electron chi connectivity index (χ2n) is 7.10. The SMILES string of the molecule is Cc1cccc([C@@H]2c3[nH]c4ccccc4c3CCN2C(=O)Cn2cncn2)n1. The van der Waals surface area contributed by atoms with Crippen LogP contribution in [0.15, 0.2) is 55.1 Å². The zero-order chi connectivity index (χ0) is 19.1. The summed E-state index contributed by atoms with van der Waals surface area (Å²) in [6, 6.07) is 14.0. The normalized spacial score (nSPS) is 16.3. The van der Waals surface area contributed by atoms with Gasteiger partial charge in [-0.1, -0.05) is 24.3 Å². The quantitative estimate of drug-likeness (QED) is 0.600. The Bertz CT molecular complexity index is 1150. The second-order valence-corrected chi connectivity index (χ2v) is 7.10. The van der Waals surface area contributed by atoms with Crippen molar-refractivity contribution in [1.82, 2.24) is 29.6 Å². The van der Waals surface area contributed by atoms with E-state index in [-0.39, 0.29) is 18.5 Å². The molecule has 4 heterocycles. The van der Waals surface area contributed by atoms with Crippen LogP contribution < -0.4 is 0 Å². The highest BCUT2D eigenvalue weighted by molar-refractivity contribution is 5.86. The molecule has 7 heteroatoms. The van der Waals surface area contributed by atoms with E-state index in [1.807, 2.05) is 36.1 Å². The molecule has 0 fully saturated rings. The minimum atomic E-state index is -0.243. The minimum absolute atomic E-state index is 0.00288. The fourth-order valence-electron chi connectivity index (χ4n) is 4.08. The molecule has 0 spiro atoms. The predicted molar refractivity (Wildman–Crippen MR) is 105 cm³/mol. The van der Waals surface area contributed by atoms with Crippen LogP contribution in [-0.4, -0.2) is 42.1 Å². The summed E-state index contributed by atoms with van der Waals surface area (Å²) in [6.45, 7) is 2.78. The van der Waals surface area contributed by atoms with Gasteiger partial charge in [-0.2, -0.15) is 5.10 Å². The molecule has 0 saturated carbocycles. The first-order chi connectivity index (χ1) is 13.7. The van der Waals surface area contributed by atoms with E-state index in [1.165, 1.54) is 17.3 Å². The molecule has 1 aromatic carbocycles. The standard InChI is InChI=1S/C21H20N6O/c1-14-5-4-8-18(24-14)21-20-16(15-6-2-3-7-17(15)25-20)9-10-27(21)19(28)11-26-13-22-12-23-26/h2-8,12-13,21,25H,9-11H2,1H3/t21-/m1/s1. The summed E-state index contributed by atoms with van der Waals surface area (Å²) in [6.07, 6.45) is 3.82. The van der Waals surface area contributed by atoms with E-state index in [0.717, 1.165) is 29.0 Å². The molecule has 7 nitrogen and oxygen atoms in total. The number of amides is 1. The van der Waals surface area contributed by atoms with Gasteiger partial charge in [0.2, 0.25) is 5.91 Å². The van der Waals surface area contributed by atoms with Crippen molar-refractivity contribution in [3.8, 4) is 0 Å². The third kappa shape index (κ3) is 2.76. The van der Waals surface area contributed by atoms with Gasteiger partial charge in [-0.15, -0.1) is 0 Å². The molecule has 4 aromatic rings. The number of aryl methyl sites for hydroxylation is 1. The summed E-state index contributed by atoms with van der Waals surface area (Å²) in [4.78, 5) is 27.3. The van der Waals surface area contributed by atoms with Crippen LogP contribution in [0.5, 0.6) is 0 Å². The molecular formula is C21H20N6O. The maximum atomic E-state index is 13.2. The molecule has 140 valence electrons. The van der Waals surface area contributed by atoms with E-state index in [4.69, 9.17) is 4.98 Å². The number of hydrogen-bond acceptors (Lipinski definition) is 4. The zero-order valence-electron chi connectivity index (χ0n) is 15.5. The van der Waals surface area contributed by atoms with Crippen LogP contribution in [0.4, 0.5) is 0 Å². The van der Waals surface area contributed by atoms with Crippen molar-refractivity contribution in [2.45, 2.75) is 25.9 Å². The molecule has 0 aliphatic carbocycles. The number of H-pyrrole nitrogens is 1. The van der Waals surface area contributed by atoms with Crippen LogP contribution in [0.1, 0.15) is 28.7 Å². The Morgan fingerprint density at radius 2 is 2.11 bits per heavy atom. The summed E-state index contributed by atoms with van der Waals surface area (Å²) >= 11 is 0. The van der Waals surface area contributed by atoms with Crippen molar-refractivity contribution in [3.63, 3.8) is 0 Å². The monoisotopic (exact) mass is 372 g/mol. The first-order valence-corrected chi connectivity index (χ1v) is 9.35. The van der Waals surface area contributed by atoms with Crippen LogP contribution in [0.25, 0.3) is 10.9 Å². The average molecular weight is 372 g/mol. The van der Waals surface area contributed by atoms with Gasteiger partial charge in [0, 0.05) is 28.8 Å². The Morgan fingerprint density at radius 3 is 2.93 bits per heavy atom. The Labute approximate surface area is 162 Å². The smallest absolute Gasteiger partial charge is 0.245 e.